The van der Waals surface area contributed by atoms with Gasteiger partial charge < -0.3 is 0 Å². The number of aliphatic hydroxyl groups excluding tert-OH is 2. The fourth-order valence-electron chi connectivity index (χ4n) is 1.86. The van der Waals surface area contributed by atoms with Gasteiger partial charge in [-0.15, -0.1) is 0 Å². The van der Waals surface area contributed by atoms with Gasteiger partial charge in [-0.25, -0.2) is 0 Å². The summed E-state index contributed by atoms with van der Waals surface area (Å²) in [6.45, 7) is 4.57. The van der Waals surface area contributed by atoms with Crippen LogP contribution in [-0.4, -0.2) is 65.6 Å². The first kappa shape index (κ1) is 25.2. The van der Waals surface area contributed by atoms with Crippen LogP contribution in [0, 0.1) is 0 Å². The third-order valence-corrected chi connectivity index (χ3v) is 3.46. The Morgan fingerprint density at radius 2 is 1.48 bits per heavy atom. The zero-order valence-electron chi connectivity index (χ0n) is 15.0. The third kappa shape index (κ3) is 11.5. The van der Waals surface area contributed by atoms with Crippen LogP contribution in [0.25, 0.3) is 0 Å². The number of hydrogen-bond acceptors (Lipinski definition) is 9. The summed E-state index contributed by atoms with van der Waals surface area (Å²) in [6, 6.07) is 0. The van der Waals surface area contributed by atoms with Crippen LogP contribution in [-0.2, 0) is 39.8 Å². The molecule has 0 rings (SSSR count). The van der Waals surface area contributed by atoms with Crippen molar-refractivity contribution in [2.45, 2.75) is 51.7 Å². The Bertz CT molecular complexity index is 320. The van der Waals surface area contributed by atoms with Crippen molar-refractivity contribution >= 4 is 0 Å². The van der Waals surface area contributed by atoms with E-state index in [0.717, 1.165) is 12.8 Å². The minimum absolute atomic E-state index is 0.154. The van der Waals surface area contributed by atoms with Crippen molar-refractivity contribution in [1.29, 1.82) is 0 Å². The van der Waals surface area contributed by atoms with Gasteiger partial charge >= 0.3 is 155 Å². The second-order valence-corrected chi connectivity index (χ2v) is 6.32. The summed E-state index contributed by atoms with van der Waals surface area (Å²) in [6.07, 6.45) is 2.32. The molecule has 11 heteroatoms. The predicted octanol–water partition coefficient (Wildman–Crippen LogP) is -0.502. The molecule has 0 aliphatic rings. The number of hydrogen-bond donors (Lipinski definition) is 5. The molecule has 25 heavy (non-hydrogen) atoms. The van der Waals surface area contributed by atoms with Crippen LogP contribution < -0.4 is 10.6 Å². The molecule has 0 unspecified atom stereocenters. The van der Waals surface area contributed by atoms with Gasteiger partial charge in [-0.2, -0.15) is 0 Å². The van der Waals surface area contributed by atoms with E-state index in [2.05, 4.69) is 14.1 Å². The fourth-order valence-corrected chi connectivity index (χ4v) is 2.15. The molecule has 0 aromatic rings. The van der Waals surface area contributed by atoms with Gasteiger partial charge in [-0.1, -0.05) is 0 Å². The topological polar surface area (TPSA) is 139 Å². The van der Waals surface area contributed by atoms with Crippen molar-refractivity contribution in [1.82, 2.24) is 10.6 Å². The van der Waals surface area contributed by atoms with Gasteiger partial charge in [0.15, 0.2) is 0 Å². The molecule has 0 saturated heterocycles. The molecule has 5 N–H and O–H groups in total. The molecular formula is C14H32N2O8Ti. The summed E-state index contributed by atoms with van der Waals surface area (Å²) in [5.74, 6) is -1.83. The molecule has 0 atom stereocenters. The summed E-state index contributed by atoms with van der Waals surface area (Å²) < 4.78 is 36.1. The van der Waals surface area contributed by atoms with Crippen LogP contribution in [0.5, 0.6) is 0 Å². The second-order valence-electron chi connectivity index (χ2n) is 5.23. The van der Waals surface area contributed by atoms with Crippen molar-refractivity contribution in [2.75, 3.05) is 39.5 Å². The Morgan fingerprint density at radius 1 is 1.00 bits per heavy atom. The summed E-state index contributed by atoms with van der Waals surface area (Å²) >= 11 is -4.00. The molecule has 0 fully saturated rings. The Hall–Kier alpha value is 0.154. The van der Waals surface area contributed by atoms with Crippen LogP contribution in [0.15, 0.2) is 0 Å². The average Bonchev–Trinajstić information content (AvgIpc) is 2.60. The predicted molar refractivity (Wildman–Crippen MR) is 83.5 cm³/mol. The third-order valence-electron chi connectivity index (χ3n) is 3.11. The van der Waals surface area contributed by atoms with Gasteiger partial charge in [0.25, 0.3) is 0 Å². The van der Waals surface area contributed by atoms with Gasteiger partial charge in [-0.3, -0.25) is 0 Å². The molecule has 0 aromatic carbocycles. The maximum absolute atomic E-state index is 11.0. The summed E-state index contributed by atoms with van der Waals surface area (Å²) in [4.78, 5) is 5.12. The fraction of sp³-hybridized carbons (Fsp3) is 1.00. The van der Waals surface area contributed by atoms with Gasteiger partial charge in [0, 0.05) is 0 Å². The first-order valence-corrected chi connectivity index (χ1v) is 10.6. The van der Waals surface area contributed by atoms with Crippen molar-refractivity contribution < 1.29 is 53.7 Å². The van der Waals surface area contributed by atoms with E-state index in [-0.39, 0.29) is 39.5 Å². The Labute approximate surface area is 155 Å². The molecule has 0 saturated carbocycles. The number of rotatable bonds is 18. The van der Waals surface area contributed by atoms with Crippen LogP contribution in [0.3, 0.4) is 0 Å². The summed E-state index contributed by atoms with van der Waals surface area (Å²) in [5, 5.41) is 24.0. The number of unbranched alkanes of at least 4 members (excludes halogenated alkanes) is 2. The summed E-state index contributed by atoms with van der Waals surface area (Å²) in [5.41, 5.74) is 0. The Kier molecular flexibility index (Phi) is 16.4. The zero-order valence-corrected chi connectivity index (χ0v) is 16.6. The molecular weight excluding hydrogens is 372 g/mol. The van der Waals surface area contributed by atoms with E-state index in [1.54, 1.807) is 0 Å². The normalized spacial score (nSPS) is 12.1. The number of nitrogens with one attached hydrogen (secondary N) is 2. The van der Waals surface area contributed by atoms with Crippen molar-refractivity contribution in [3.05, 3.63) is 0 Å². The molecule has 0 bridgehead atoms. The standard InChI is InChI=1S/C14H32N2O6.H2O.O.Ti/c1-3-5-11-20-14(22-19,21-12-6-4-2)13(15-7-9-17)16-8-10-18;;;/h13,15-19H,3-12H2,1-2H3;1H2;;/q;;;+2/p-2. The molecule has 10 nitrogen and oxygen atoms in total. The van der Waals surface area contributed by atoms with E-state index >= 15 is 0 Å². The van der Waals surface area contributed by atoms with Crippen LogP contribution in [0.4, 0.5) is 0 Å². The number of aliphatic hydroxyl groups is 2. The van der Waals surface area contributed by atoms with Crippen LogP contribution in [0.1, 0.15) is 39.5 Å². The maximum atomic E-state index is 11.0. The van der Waals surface area contributed by atoms with E-state index in [1.807, 2.05) is 13.8 Å². The monoisotopic (exact) mass is 404 g/mol. The van der Waals surface area contributed by atoms with Gasteiger partial charge in [-0.05, 0) is 0 Å². The summed E-state index contributed by atoms with van der Waals surface area (Å²) in [7, 11) is 0. The van der Waals surface area contributed by atoms with Crippen LogP contribution in [0.2, 0.25) is 0 Å². The molecule has 0 aliphatic carbocycles. The Balaban J connectivity index is 5.35. The van der Waals surface area contributed by atoms with Crippen molar-refractivity contribution in [3.8, 4) is 0 Å². The Morgan fingerprint density at radius 3 is 1.84 bits per heavy atom. The van der Waals surface area contributed by atoms with Crippen molar-refractivity contribution in [2.24, 2.45) is 0 Å². The van der Waals surface area contributed by atoms with Crippen molar-refractivity contribution in [3.63, 3.8) is 0 Å². The van der Waals surface area contributed by atoms with Gasteiger partial charge in [0.1, 0.15) is 0 Å². The first-order valence-electron chi connectivity index (χ1n) is 8.61. The molecule has 0 amide bonds. The van der Waals surface area contributed by atoms with E-state index in [1.165, 1.54) is 0 Å². The van der Waals surface area contributed by atoms with Gasteiger partial charge in [0.05, 0.1) is 0 Å². The van der Waals surface area contributed by atoms with Crippen LogP contribution >= 0.6 is 0 Å². The van der Waals surface area contributed by atoms with E-state index < -0.39 is 30.8 Å². The quantitative estimate of drug-likeness (QED) is 0.0668. The molecule has 0 radical (unpaired) electrons. The van der Waals surface area contributed by atoms with E-state index in [9.17, 15) is 3.32 Å². The second kappa shape index (κ2) is 16.3. The average molecular weight is 404 g/mol. The number of ether oxygens (including phenoxy) is 2. The molecule has 150 valence electrons. The first-order chi connectivity index (χ1) is 12.1. The minimum atomic E-state index is -4.00. The van der Waals surface area contributed by atoms with E-state index in [4.69, 9.17) is 28.3 Å². The molecule has 0 heterocycles. The molecule has 0 aromatic heterocycles. The van der Waals surface area contributed by atoms with Gasteiger partial charge in [0.2, 0.25) is 0 Å². The molecule has 0 aliphatic heterocycles. The molecule has 0 spiro atoms. The SMILES string of the molecule is CCCCOC(OCCCC)(O[O][Ti](=[O])[OH])C(NCCO)NCCO. The van der Waals surface area contributed by atoms with E-state index in [0.29, 0.717) is 12.8 Å². The zero-order chi connectivity index (χ0) is 19.0.